The number of rotatable bonds is 2. The van der Waals surface area contributed by atoms with Gasteiger partial charge in [-0.05, 0) is 15.9 Å². The van der Waals surface area contributed by atoms with Crippen molar-refractivity contribution in [2.24, 2.45) is 0 Å². The van der Waals surface area contributed by atoms with Gasteiger partial charge in [-0.25, -0.2) is 9.50 Å². The smallest absolute Gasteiger partial charge is 0.309 e. The highest BCUT2D eigenvalue weighted by molar-refractivity contribution is 9.10. The Labute approximate surface area is 87.5 Å². The van der Waals surface area contributed by atoms with Crippen LogP contribution in [0.3, 0.4) is 0 Å². The number of hydrogen-bond donors (Lipinski definition) is 1. The van der Waals surface area contributed by atoms with Gasteiger partial charge >= 0.3 is 5.97 Å². The number of fused-ring (bicyclic) bond motifs is 1. The number of hydrogen-bond acceptors (Lipinski definition) is 3. The average molecular weight is 256 g/mol. The zero-order chi connectivity index (χ0) is 10.1. The van der Waals surface area contributed by atoms with Crippen molar-refractivity contribution in [3.8, 4) is 0 Å². The number of nitrogens with zero attached hydrogens (tertiary/aromatic N) is 3. The third-order valence-corrected chi connectivity index (χ3v) is 2.07. The Bertz CT molecular complexity index is 494. The van der Waals surface area contributed by atoms with Crippen LogP contribution in [-0.2, 0) is 11.2 Å². The second-order valence-electron chi connectivity index (χ2n) is 2.78. The maximum atomic E-state index is 10.4. The first-order valence-electron chi connectivity index (χ1n) is 3.87. The highest BCUT2D eigenvalue weighted by Gasteiger charge is 2.06. The van der Waals surface area contributed by atoms with Gasteiger partial charge in [0, 0.05) is 18.5 Å². The van der Waals surface area contributed by atoms with Crippen molar-refractivity contribution in [3.05, 3.63) is 28.6 Å². The van der Waals surface area contributed by atoms with Gasteiger partial charge < -0.3 is 5.11 Å². The van der Waals surface area contributed by atoms with E-state index in [0.717, 1.165) is 4.47 Å². The van der Waals surface area contributed by atoms with Crippen molar-refractivity contribution in [1.29, 1.82) is 0 Å². The Balaban J connectivity index is 2.46. The Morgan fingerprint density at radius 3 is 3.14 bits per heavy atom. The summed E-state index contributed by atoms with van der Waals surface area (Å²) >= 11 is 3.25. The Morgan fingerprint density at radius 2 is 2.43 bits per heavy atom. The molecule has 0 aliphatic carbocycles. The van der Waals surface area contributed by atoms with Crippen LogP contribution in [0.2, 0.25) is 0 Å². The molecule has 72 valence electrons. The number of carboxylic acid groups (broad SMARTS) is 1. The second-order valence-corrected chi connectivity index (χ2v) is 3.70. The lowest BCUT2D eigenvalue weighted by Gasteiger charge is -1.91. The molecule has 0 radical (unpaired) electrons. The lowest BCUT2D eigenvalue weighted by molar-refractivity contribution is -0.136. The largest absolute Gasteiger partial charge is 0.481 e. The average Bonchev–Trinajstić information content (AvgIpc) is 2.44. The van der Waals surface area contributed by atoms with E-state index in [-0.39, 0.29) is 6.42 Å². The fraction of sp³-hybridized carbons (Fsp3) is 0.125. The molecular formula is C8H6BrN3O2. The summed E-state index contributed by atoms with van der Waals surface area (Å²) in [6.07, 6.45) is 3.29. The zero-order valence-corrected chi connectivity index (χ0v) is 8.60. The van der Waals surface area contributed by atoms with Crippen LogP contribution in [-0.4, -0.2) is 25.7 Å². The molecule has 0 aromatic carbocycles. The fourth-order valence-electron chi connectivity index (χ4n) is 1.14. The summed E-state index contributed by atoms with van der Waals surface area (Å²) in [5, 5.41) is 12.6. The summed E-state index contributed by atoms with van der Waals surface area (Å²) < 4.78 is 2.34. The van der Waals surface area contributed by atoms with Gasteiger partial charge in [-0.1, -0.05) is 0 Å². The van der Waals surface area contributed by atoms with Crippen molar-refractivity contribution in [2.75, 3.05) is 0 Å². The Hall–Kier alpha value is -1.43. The first-order valence-corrected chi connectivity index (χ1v) is 4.66. The minimum Gasteiger partial charge on any atom is -0.481 e. The van der Waals surface area contributed by atoms with Crippen molar-refractivity contribution in [1.82, 2.24) is 14.6 Å². The monoisotopic (exact) mass is 255 g/mol. The minimum absolute atomic E-state index is 0.0824. The first-order chi connectivity index (χ1) is 6.65. The molecule has 0 unspecified atom stereocenters. The van der Waals surface area contributed by atoms with E-state index in [4.69, 9.17) is 5.11 Å². The molecule has 2 aromatic heterocycles. The highest BCUT2D eigenvalue weighted by atomic mass is 79.9. The van der Waals surface area contributed by atoms with Crippen molar-refractivity contribution in [2.45, 2.75) is 6.42 Å². The number of aromatic nitrogens is 3. The van der Waals surface area contributed by atoms with Gasteiger partial charge in [0.05, 0.1) is 16.6 Å². The molecule has 2 aromatic rings. The third-order valence-electron chi connectivity index (χ3n) is 1.66. The van der Waals surface area contributed by atoms with Crippen molar-refractivity contribution in [3.63, 3.8) is 0 Å². The first kappa shape index (κ1) is 9.14. The molecule has 6 heteroatoms. The number of carbonyl (C=O) groups is 1. The molecule has 5 nitrogen and oxygen atoms in total. The van der Waals surface area contributed by atoms with E-state index >= 15 is 0 Å². The van der Waals surface area contributed by atoms with E-state index in [1.807, 2.05) is 0 Å². The molecule has 0 fully saturated rings. The molecule has 0 aliphatic heterocycles. The fourth-order valence-corrected chi connectivity index (χ4v) is 1.44. The van der Waals surface area contributed by atoms with E-state index in [1.165, 1.54) is 0 Å². The van der Waals surface area contributed by atoms with E-state index in [0.29, 0.717) is 11.3 Å². The van der Waals surface area contributed by atoms with Gasteiger partial charge in [0.1, 0.15) is 0 Å². The summed E-state index contributed by atoms with van der Waals surface area (Å²) in [6.45, 7) is 0. The van der Waals surface area contributed by atoms with Crippen LogP contribution < -0.4 is 0 Å². The number of aliphatic carboxylic acids is 1. The third kappa shape index (κ3) is 1.74. The summed E-state index contributed by atoms with van der Waals surface area (Å²) in [5.41, 5.74) is 1.15. The molecule has 1 N–H and O–H groups in total. The number of carboxylic acids is 1. The van der Waals surface area contributed by atoms with Crippen molar-refractivity contribution >= 4 is 27.5 Å². The van der Waals surface area contributed by atoms with Gasteiger partial charge in [-0.3, -0.25) is 4.79 Å². The Kier molecular flexibility index (Phi) is 2.20. The predicted octanol–water partition coefficient (Wildman–Crippen LogP) is 1.12. The van der Waals surface area contributed by atoms with E-state index in [1.54, 1.807) is 23.0 Å². The molecule has 0 spiro atoms. The van der Waals surface area contributed by atoms with Gasteiger partial charge in [-0.15, -0.1) is 0 Å². The molecule has 14 heavy (non-hydrogen) atoms. The van der Waals surface area contributed by atoms with Gasteiger partial charge in [-0.2, -0.15) is 5.10 Å². The van der Waals surface area contributed by atoms with Crippen LogP contribution in [0.25, 0.3) is 5.65 Å². The standard InChI is InChI=1S/C8H6BrN3O2/c9-5-3-10-7-1-6(2-8(13)14)11-12(7)4-5/h1,3-4H,2H2,(H,13,14). The van der Waals surface area contributed by atoms with Crippen LogP contribution in [0.4, 0.5) is 0 Å². The van der Waals surface area contributed by atoms with Crippen LogP contribution in [0.1, 0.15) is 5.69 Å². The summed E-state index contributed by atoms with van der Waals surface area (Å²) in [5.74, 6) is -0.896. The Morgan fingerprint density at radius 1 is 1.64 bits per heavy atom. The molecule has 2 rings (SSSR count). The van der Waals surface area contributed by atoms with E-state index in [9.17, 15) is 4.79 Å². The maximum absolute atomic E-state index is 10.4. The van der Waals surface area contributed by atoms with Crippen LogP contribution >= 0.6 is 15.9 Å². The van der Waals surface area contributed by atoms with Gasteiger partial charge in [0.2, 0.25) is 0 Å². The van der Waals surface area contributed by atoms with E-state index < -0.39 is 5.97 Å². The lowest BCUT2D eigenvalue weighted by Crippen LogP contribution is -2.00. The minimum atomic E-state index is -0.896. The summed E-state index contributed by atoms with van der Waals surface area (Å²) in [6, 6.07) is 1.65. The SMILES string of the molecule is O=C(O)Cc1cc2ncc(Br)cn2n1. The van der Waals surface area contributed by atoms with Crippen LogP contribution in [0.5, 0.6) is 0 Å². The molecule has 0 amide bonds. The number of halogens is 1. The molecular weight excluding hydrogens is 250 g/mol. The molecule has 2 heterocycles. The molecule has 0 saturated heterocycles. The van der Waals surface area contributed by atoms with Crippen molar-refractivity contribution < 1.29 is 9.90 Å². The zero-order valence-electron chi connectivity index (χ0n) is 7.01. The van der Waals surface area contributed by atoms with Gasteiger partial charge in [0.15, 0.2) is 5.65 Å². The second kappa shape index (κ2) is 3.38. The predicted molar refractivity (Wildman–Crippen MR) is 52.0 cm³/mol. The molecule has 0 atom stereocenters. The lowest BCUT2D eigenvalue weighted by atomic mass is 10.3. The highest BCUT2D eigenvalue weighted by Crippen LogP contribution is 2.10. The molecule has 0 bridgehead atoms. The molecule has 0 saturated carbocycles. The maximum Gasteiger partial charge on any atom is 0.309 e. The van der Waals surface area contributed by atoms with Gasteiger partial charge in [0.25, 0.3) is 0 Å². The molecule has 0 aliphatic rings. The topological polar surface area (TPSA) is 67.5 Å². The normalized spacial score (nSPS) is 10.6. The summed E-state index contributed by atoms with van der Waals surface area (Å²) in [4.78, 5) is 14.5. The van der Waals surface area contributed by atoms with Crippen LogP contribution in [0.15, 0.2) is 22.9 Å². The van der Waals surface area contributed by atoms with E-state index in [2.05, 4.69) is 26.0 Å². The van der Waals surface area contributed by atoms with Crippen LogP contribution in [0, 0.1) is 0 Å². The quantitative estimate of drug-likeness (QED) is 0.874. The summed E-state index contributed by atoms with van der Waals surface area (Å²) in [7, 11) is 0.